The second-order valence-electron chi connectivity index (χ2n) is 6.51. The lowest BCUT2D eigenvalue weighted by Crippen LogP contribution is -2.39. The smallest absolute Gasteiger partial charge is 0.255 e. The molecular weight excluding hydrogens is 337 g/mol. The fraction of sp³-hybridized carbons (Fsp3) is 0.333. The Bertz CT molecular complexity index is 918. The van der Waals surface area contributed by atoms with Gasteiger partial charge in [-0.3, -0.25) is 4.79 Å². The number of rotatable bonds is 3. The maximum atomic E-state index is 13.0. The van der Waals surface area contributed by atoms with Gasteiger partial charge in [0.15, 0.2) is 0 Å². The summed E-state index contributed by atoms with van der Waals surface area (Å²) in [5.74, 6) is 0.262. The van der Waals surface area contributed by atoms with Crippen molar-refractivity contribution in [1.29, 1.82) is 0 Å². The monoisotopic (exact) mass is 355 g/mol. The van der Waals surface area contributed by atoms with Gasteiger partial charge in [0.25, 0.3) is 5.91 Å². The van der Waals surface area contributed by atoms with E-state index in [0.29, 0.717) is 30.4 Å². The Morgan fingerprint density at radius 3 is 3.04 bits per heavy atom. The topological polar surface area (TPSA) is 87.9 Å². The third-order valence-electron chi connectivity index (χ3n) is 4.54. The molecule has 1 saturated heterocycles. The van der Waals surface area contributed by atoms with Crippen molar-refractivity contribution in [3.63, 3.8) is 0 Å². The van der Waals surface area contributed by atoms with Crippen molar-refractivity contribution < 1.29 is 13.7 Å². The summed E-state index contributed by atoms with van der Waals surface area (Å²) in [6.45, 7) is 3.11. The van der Waals surface area contributed by atoms with Gasteiger partial charge < -0.3 is 14.4 Å². The standard InChI is InChI=1S/C18H18FN5O2/c1-11-7-14(20-8-11)16-22-17(26-23-16)13-3-2-6-24(10-13)18(25)12-4-5-15(19)21-9-12/h4-5,7-9,13,20H,2-3,6,10H2,1H3. The Labute approximate surface area is 149 Å². The number of piperidine rings is 1. The molecule has 7 nitrogen and oxygen atoms in total. The number of carbonyl (C=O) groups excluding carboxylic acids is 1. The quantitative estimate of drug-likeness (QED) is 0.730. The summed E-state index contributed by atoms with van der Waals surface area (Å²) in [7, 11) is 0. The Balaban J connectivity index is 1.49. The molecule has 1 N–H and O–H groups in total. The molecule has 1 atom stereocenters. The van der Waals surface area contributed by atoms with Crippen molar-refractivity contribution >= 4 is 5.91 Å². The van der Waals surface area contributed by atoms with Crippen molar-refractivity contribution in [2.75, 3.05) is 13.1 Å². The van der Waals surface area contributed by atoms with Gasteiger partial charge in [-0.2, -0.15) is 9.37 Å². The second-order valence-corrected chi connectivity index (χ2v) is 6.51. The number of aryl methyl sites for hydroxylation is 1. The third kappa shape index (κ3) is 3.22. The molecule has 0 aliphatic carbocycles. The van der Waals surface area contributed by atoms with Gasteiger partial charge in [0.2, 0.25) is 17.7 Å². The second kappa shape index (κ2) is 6.70. The SMILES string of the molecule is Cc1c[nH]c(-c2noc(C3CCCN(C(=O)c4ccc(F)nc4)C3)n2)c1. The number of aromatic amines is 1. The third-order valence-corrected chi connectivity index (χ3v) is 4.54. The highest BCUT2D eigenvalue weighted by molar-refractivity contribution is 5.94. The summed E-state index contributed by atoms with van der Waals surface area (Å²) >= 11 is 0. The van der Waals surface area contributed by atoms with Crippen LogP contribution >= 0.6 is 0 Å². The molecule has 3 aromatic rings. The number of aromatic nitrogens is 4. The number of nitrogens with one attached hydrogen (secondary N) is 1. The number of hydrogen-bond acceptors (Lipinski definition) is 5. The molecule has 4 rings (SSSR count). The number of hydrogen-bond donors (Lipinski definition) is 1. The first-order valence-corrected chi connectivity index (χ1v) is 8.50. The van der Waals surface area contributed by atoms with Crippen molar-refractivity contribution in [2.24, 2.45) is 0 Å². The van der Waals surface area contributed by atoms with Crippen LogP contribution in [0.2, 0.25) is 0 Å². The van der Waals surface area contributed by atoms with E-state index in [1.54, 1.807) is 4.90 Å². The van der Waals surface area contributed by atoms with Crippen molar-refractivity contribution in [3.8, 4) is 11.5 Å². The van der Waals surface area contributed by atoms with E-state index in [0.717, 1.165) is 24.1 Å². The lowest BCUT2D eigenvalue weighted by Gasteiger charge is -2.31. The zero-order valence-electron chi connectivity index (χ0n) is 14.3. The molecule has 0 aromatic carbocycles. The largest absolute Gasteiger partial charge is 0.358 e. The average Bonchev–Trinajstić information content (AvgIpc) is 3.31. The highest BCUT2D eigenvalue weighted by Gasteiger charge is 2.29. The molecule has 1 unspecified atom stereocenters. The fourth-order valence-corrected chi connectivity index (χ4v) is 3.19. The molecule has 1 fully saturated rings. The molecule has 0 spiro atoms. The van der Waals surface area contributed by atoms with Crippen molar-refractivity contribution in [1.82, 2.24) is 25.0 Å². The summed E-state index contributed by atoms with van der Waals surface area (Å²) in [6.07, 6.45) is 4.85. The highest BCUT2D eigenvalue weighted by atomic mass is 19.1. The molecule has 1 amide bonds. The van der Waals surface area contributed by atoms with E-state index < -0.39 is 5.95 Å². The lowest BCUT2D eigenvalue weighted by atomic mass is 9.97. The number of pyridine rings is 1. The summed E-state index contributed by atoms with van der Waals surface area (Å²) in [5, 5.41) is 4.04. The summed E-state index contributed by atoms with van der Waals surface area (Å²) in [5.41, 5.74) is 2.27. The van der Waals surface area contributed by atoms with E-state index in [9.17, 15) is 9.18 Å². The van der Waals surface area contributed by atoms with Crippen LogP contribution in [0.3, 0.4) is 0 Å². The molecule has 3 aromatic heterocycles. The molecule has 1 aliphatic rings. The highest BCUT2D eigenvalue weighted by Crippen LogP contribution is 2.28. The van der Waals surface area contributed by atoms with E-state index in [-0.39, 0.29) is 11.8 Å². The van der Waals surface area contributed by atoms with Crippen molar-refractivity contribution in [2.45, 2.75) is 25.7 Å². The first kappa shape index (κ1) is 16.4. The molecule has 0 saturated carbocycles. The number of amides is 1. The number of carbonyl (C=O) groups is 1. The minimum Gasteiger partial charge on any atom is -0.358 e. The first-order chi connectivity index (χ1) is 12.6. The van der Waals surface area contributed by atoms with Crippen LogP contribution in [0.25, 0.3) is 11.5 Å². The van der Waals surface area contributed by atoms with E-state index in [4.69, 9.17) is 4.52 Å². The molecule has 1 aliphatic heterocycles. The van der Waals surface area contributed by atoms with Crippen LogP contribution in [0.5, 0.6) is 0 Å². The Morgan fingerprint density at radius 2 is 2.31 bits per heavy atom. The molecule has 0 radical (unpaired) electrons. The van der Waals surface area contributed by atoms with Crippen LogP contribution in [-0.4, -0.2) is 44.0 Å². The van der Waals surface area contributed by atoms with Gasteiger partial charge in [0.05, 0.1) is 17.2 Å². The number of halogens is 1. The van der Waals surface area contributed by atoms with Gasteiger partial charge in [-0.05, 0) is 43.5 Å². The van der Waals surface area contributed by atoms with E-state index in [1.165, 1.54) is 18.3 Å². The van der Waals surface area contributed by atoms with Gasteiger partial charge in [-0.25, -0.2) is 4.98 Å². The van der Waals surface area contributed by atoms with Gasteiger partial charge in [0, 0.05) is 25.5 Å². The maximum absolute atomic E-state index is 13.0. The Kier molecular flexibility index (Phi) is 4.24. The predicted octanol–water partition coefficient (Wildman–Crippen LogP) is 2.93. The van der Waals surface area contributed by atoms with Crippen LogP contribution in [0.1, 0.15) is 40.6 Å². The molecular formula is C18H18FN5O2. The van der Waals surface area contributed by atoms with Crippen LogP contribution in [0.15, 0.2) is 35.1 Å². The van der Waals surface area contributed by atoms with Gasteiger partial charge >= 0.3 is 0 Å². The van der Waals surface area contributed by atoms with E-state index in [2.05, 4.69) is 20.1 Å². The molecule has 0 bridgehead atoms. The minimum atomic E-state index is -0.601. The zero-order chi connectivity index (χ0) is 18.1. The van der Waals surface area contributed by atoms with Crippen LogP contribution in [-0.2, 0) is 0 Å². The molecule has 26 heavy (non-hydrogen) atoms. The van der Waals surface area contributed by atoms with Crippen LogP contribution < -0.4 is 0 Å². The van der Waals surface area contributed by atoms with E-state index in [1.807, 2.05) is 19.2 Å². The zero-order valence-corrected chi connectivity index (χ0v) is 14.3. The Morgan fingerprint density at radius 1 is 1.42 bits per heavy atom. The summed E-state index contributed by atoms with van der Waals surface area (Å²) in [4.78, 5) is 25.5. The first-order valence-electron chi connectivity index (χ1n) is 8.50. The summed E-state index contributed by atoms with van der Waals surface area (Å²) < 4.78 is 18.4. The van der Waals surface area contributed by atoms with Gasteiger partial charge in [-0.15, -0.1) is 0 Å². The van der Waals surface area contributed by atoms with Gasteiger partial charge in [0.1, 0.15) is 0 Å². The maximum Gasteiger partial charge on any atom is 0.255 e. The van der Waals surface area contributed by atoms with Crippen molar-refractivity contribution in [3.05, 3.63) is 53.6 Å². The lowest BCUT2D eigenvalue weighted by molar-refractivity contribution is 0.0695. The normalized spacial score (nSPS) is 17.5. The van der Waals surface area contributed by atoms with Crippen LogP contribution in [0.4, 0.5) is 4.39 Å². The number of likely N-dealkylation sites (tertiary alicyclic amines) is 1. The predicted molar refractivity (Wildman–Crippen MR) is 90.9 cm³/mol. The number of H-pyrrole nitrogens is 1. The van der Waals surface area contributed by atoms with E-state index >= 15 is 0 Å². The molecule has 4 heterocycles. The minimum absolute atomic E-state index is 0.0154. The van der Waals surface area contributed by atoms with Gasteiger partial charge in [-0.1, -0.05) is 5.16 Å². The molecule has 134 valence electrons. The summed E-state index contributed by atoms with van der Waals surface area (Å²) in [6, 6.07) is 4.59. The average molecular weight is 355 g/mol. The molecule has 8 heteroatoms. The van der Waals surface area contributed by atoms with Crippen LogP contribution in [0, 0.1) is 12.9 Å². The Hall–Kier alpha value is -3.03. The number of nitrogens with zero attached hydrogens (tertiary/aromatic N) is 4. The fourth-order valence-electron chi connectivity index (χ4n) is 3.19.